The van der Waals surface area contributed by atoms with E-state index in [-0.39, 0.29) is 5.75 Å². The maximum Gasteiger partial charge on any atom is 0.224 e. The Morgan fingerprint density at radius 3 is 2.31 bits per heavy atom. The number of aromatic nitrogens is 2. The van der Waals surface area contributed by atoms with E-state index in [1.54, 1.807) is 28.5 Å². The molecule has 1 heterocycles. The fraction of sp³-hybridized carbons (Fsp3) is 0.500. The summed E-state index contributed by atoms with van der Waals surface area (Å²) in [5, 5.41) is 13.6. The second-order valence-electron chi connectivity index (χ2n) is 7.51. The summed E-state index contributed by atoms with van der Waals surface area (Å²) in [7, 11) is 5.76. The van der Waals surface area contributed by atoms with Crippen molar-refractivity contribution in [2.75, 3.05) is 47.2 Å². The Balaban J connectivity index is 2.54. The van der Waals surface area contributed by atoms with Crippen molar-refractivity contribution in [2.24, 2.45) is 0 Å². The molecule has 0 saturated heterocycles. The molecule has 2 rings (SSSR count). The summed E-state index contributed by atoms with van der Waals surface area (Å²) in [5.74, 6) is 1.11. The number of phenolic OH excluding ortho intramolecular Hbond substituents is 1. The van der Waals surface area contributed by atoms with Gasteiger partial charge in [0.1, 0.15) is 5.82 Å². The van der Waals surface area contributed by atoms with Crippen LogP contribution in [0.2, 0.25) is 0 Å². The van der Waals surface area contributed by atoms with Crippen LogP contribution in [0.3, 0.4) is 0 Å². The van der Waals surface area contributed by atoms with E-state index in [2.05, 4.69) is 15.3 Å². The van der Waals surface area contributed by atoms with Crippen molar-refractivity contribution in [1.82, 2.24) is 19.3 Å². The zero-order valence-corrected chi connectivity index (χ0v) is 19.4. The van der Waals surface area contributed by atoms with E-state index in [0.717, 1.165) is 17.0 Å². The molecule has 29 heavy (non-hydrogen) atoms. The maximum absolute atomic E-state index is 14.1. The summed E-state index contributed by atoms with van der Waals surface area (Å²) in [4.78, 5) is 8.87. The van der Waals surface area contributed by atoms with Crippen molar-refractivity contribution in [3.05, 3.63) is 40.8 Å². The van der Waals surface area contributed by atoms with Crippen LogP contribution in [0.4, 0.5) is 5.82 Å². The second kappa shape index (κ2) is 9.11. The van der Waals surface area contributed by atoms with Crippen LogP contribution < -0.4 is 10.1 Å². The lowest BCUT2D eigenvalue weighted by Gasteiger charge is -2.37. The maximum atomic E-state index is 14.1. The summed E-state index contributed by atoms with van der Waals surface area (Å²) in [6, 6.07) is 3.61. The monoisotopic (exact) mass is 421 g/mol. The molecular weight excluding hydrogens is 389 g/mol. The van der Waals surface area contributed by atoms with E-state index >= 15 is 0 Å². The third kappa shape index (κ3) is 4.71. The van der Waals surface area contributed by atoms with E-state index in [1.165, 1.54) is 7.11 Å². The van der Waals surface area contributed by atoms with Gasteiger partial charge in [0.2, 0.25) is 7.44 Å². The lowest BCUT2D eigenvalue weighted by molar-refractivity contribution is 0.370. The Morgan fingerprint density at radius 2 is 1.79 bits per heavy atom. The largest absolute Gasteiger partial charge is 0.504 e. The summed E-state index contributed by atoms with van der Waals surface area (Å²) in [6.45, 7) is 5.96. The third-order valence-electron chi connectivity index (χ3n) is 4.97. The molecule has 0 aliphatic carbocycles. The van der Waals surface area contributed by atoms with Crippen molar-refractivity contribution in [3.8, 4) is 11.5 Å². The molecule has 160 valence electrons. The molecule has 0 fully saturated rings. The summed E-state index contributed by atoms with van der Waals surface area (Å²) in [6.07, 6.45) is 1.70. The molecular formula is C20H32N5O3P. The Morgan fingerprint density at radius 1 is 1.17 bits per heavy atom. The number of methoxy groups -OCH3 is 1. The number of benzene rings is 1. The van der Waals surface area contributed by atoms with Crippen LogP contribution >= 0.6 is 7.44 Å². The number of hydrogen-bond donors (Lipinski definition) is 2. The number of phenols is 1. The van der Waals surface area contributed by atoms with Crippen molar-refractivity contribution < 1.29 is 14.4 Å². The Bertz CT molecular complexity index is 905. The van der Waals surface area contributed by atoms with E-state index < -0.39 is 13.1 Å². The van der Waals surface area contributed by atoms with Crippen LogP contribution in [-0.4, -0.2) is 66.3 Å². The molecule has 0 aliphatic heterocycles. The number of nitrogens with zero attached hydrogens (tertiary/aromatic N) is 4. The fourth-order valence-corrected chi connectivity index (χ4v) is 6.13. The van der Waals surface area contributed by atoms with Crippen molar-refractivity contribution >= 4 is 13.3 Å². The molecule has 0 amide bonds. The number of rotatable bonds is 8. The topological polar surface area (TPSA) is 90.8 Å². The summed E-state index contributed by atoms with van der Waals surface area (Å²) >= 11 is 0. The van der Waals surface area contributed by atoms with Gasteiger partial charge in [0, 0.05) is 6.54 Å². The van der Waals surface area contributed by atoms with Gasteiger partial charge in [-0.2, -0.15) is 0 Å². The molecule has 0 bridgehead atoms. The third-order valence-corrected chi connectivity index (χ3v) is 8.56. The number of hydrogen-bond acceptors (Lipinski definition) is 6. The molecule has 8 nitrogen and oxygen atoms in total. The van der Waals surface area contributed by atoms with Crippen molar-refractivity contribution in [2.45, 2.75) is 26.4 Å². The van der Waals surface area contributed by atoms with Gasteiger partial charge < -0.3 is 15.2 Å². The summed E-state index contributed by atoms with van der Waals surface area (Å²) in [5.41, 5.74) is 2.71. The molecule has 1 aromatic carbocycles. The van der Waals surface area contributed by atoms with Gasteiger partial charge in [0.15, 0.2) is 11.5 Å². The highest BCUT2D eigenvalue weighted by Gasteiger charge is 2.39. The summed E-state index contributed by atoms with van der Waals surface area (Å²) < 4.78 is 23.0. The number of anilines is 1. The lowest BCUT2D eigenvalue weighted by Crippen LogP contribution is -2.29. The normalized spacial score (nSPS) is 13.0. The smallest absolute Gasteiger partial charge is 0.224 e. The van der Waals surface area contributed by atoms with Gasteiger partial charge in [-0.25, -0.2) is 14.3 Å². The van der Waals surface area contributed by atoms with Gasteiger partial charge in [0.05, 0.1) is 30.4 Å². The SMILES string of the molecule is COc1cc(C(CNc2ncc(C)nc2C)P(=O)(N(C)C)N(C)C)cc(C)c1O. The minimum atomic E-state index is -3.00. The van der Waals surface area contributed by atoms with Crippen molar-refractivity contribution in [1.29, 1.82) is 0 Å². The van der Waals surface area contributed by atoms with E-state index in [0.29, 0.717) is 23.7 Å². The highest BCUT2D eigenvalue weighted by Crippen LogP contribution is 2.62. The number of ether oxygens (including phenoxy) is 1. The first-order valence-corrected chi connectivity index (χ1v) is 11.1. The number of aryl methyl sites for hydroxylation is 3. The molecule has 2 N–H and O–H groups in total. The minimum Gasteiger partial charge on any atom is -0.504 e. The first kappa shape index (κ1) is 23.1. The van der Waals surface area contributed by atoms with Crippen LogP contribution in [0.5, 0.6) is 11.5 Å². The quantitative estimate of drug-likeness (QED) is 0.625. The molecule has 1 aromatic heterocycles. The Labute approximate surface area is 173 Å². The predicted octanol–water partition coefficient (Wildman–Crippen LogP) is 3.59. The van der Waals surface area contributed by atoms with Gasteiger partial charge in [-0.1, -0.05) is 6.07 Å². The predicted molar refractivity (Wildman–Crippen MR) is 117 cm³/mol. The molecule has 9 heteroatoms. The number of nitrogens with one attached hydrogen (secondary N) is 1. The number of aromatic hydroxyl groups is 1. The molecule has 0 saturated carbocycles. The standard InChI is InChI=1S/C20H32N5O3P/c1-13-9-16(10-17(28-8)19(13)26)18(29(27,24(4)5)25(6)7)12-22-20-15(3)23-14(2)11-21-20/h9-11,18,26H,12H2,1-8H3,(H,21,22). The van der Waals surface area contributed by atoms with E-state index in [1.807, 2.05) is 48.1 Å². The molecule has 1 unspecified atom stereocenters. The van der Waals surface area contributed by atoms with Gasteiger partial charge in [-0.3, -0.25) is 9.55 Å². The first-order chi connectivity index (χ1) is 13.5. The zero-order valence-electron chi connectivity index (χ0n) is 18.5. The highest BCUT2D eigenvalue weighted by atomic mass is 31.2. The second-order valence-corrected chi connectivity index (χ2v) is 10.9. The molecule has 0 aliphatic rings. The van der Waals surface area contributed by atoms with Crippen molar-refractivity contribution in [3.63, 3.8) is 0 Å². The Hall–Kier alpha value is -2.15. The zero-order chi connectivity index (χ0) is 21.9. The molecule has 0 spiro atoms. The molecule has 0 radical (unpaired) electrons. The molecule has 2 aromatic rings. The first-order valence-electron chi connectivity index (χ1n) is 9.39. The van der Waals surface area contributed by atoms with Gasteiger partial charge in [-0.15, -0.1) is 0 Å². The van der Waals surface area contributed by atoms with Crippen LogP contribution in [0.1, 0.15) is 28.2 Å². The van der Waals surface area contributed by atoms with E-state index in [4.69, 9.17) is 4.74 Å². The highest BCUT2D eigenvalue weighted by molar-refractivity contribution is 7.59. The van der Waals surface area contributed by atoms with Gasteiger partial charge in [0.25, 0.3) is 0 Å². The van der Waals surface area contributed by atoms with Gasteiger partial charge >= 0.3 is 0 Å². The average Bonchev–Trinajstić information content (AvgIpc) is 2.65. The van der Waals surface area contributed by atoms with Crippen LogP contribution in [0.15, 0.2) is 18.3 Å². The van der Waals surface area contributed by atoms with Crippen LogP contribution in [0.25, 0.3) is 0 Å². The van der Waals surface area contributed by atoms with Crippen LogP contribution in [0, 0.1) is 20.8 Å². The lowest BCUT2D eigenvalue weighted by atomic mass is 10.1. The Kier molecular flexibility index (Phi) is 7.27. The van der Waals surface area contributed by atoms with Crippen LogP contribution in [-0.2, 0) is 4.57 Å². The average molecular weight is 421 g/mol. The fourth-order valence-electron chi connectivity index (χ4n) is 3.43. The minimum absolute atomic E-state index is 0.0905. The molecule has 1 atom stereocenters. The van der Waals surface area contributed by atoms with Gasteiger partial charge in [-0.05, 0) is 66.2 Å². The van der Waals surface area contributed by atoms with E-state index in [9.17, 15) is 9.67 Å².